The monoisotopic (exact) mass is 1030 g/mol. The zero-order valence-corrected chi connectivity index (χ0v) is 41.1. The van der Waals surface area contributed by atoms with Crippen molar-refractivity contribution in [1.82, 2.24) is 19.6 Å². The van der Waals surface area contributed by atoms with Crippen molar-refractivity contribution in [3.8, 4) is 22.9 Å². The molecule has 4 aliphatic rings. The minimum absolute atomic E-state index is 0. The Morgan fingerprint density at radius 1 is 0.681 bits per heavy atom. The number of aliphatic hydroxyl groups excluding tert-OH is 2. The van der Waals surface area contributed by atoms with Crippen LogP contribution in [0.1, 0.15) is 113 Å². The molecule has 384 valence electrons. The highest BCUT2D eigenvalue weighted by atomic mass is 32.2. The lowest BCUT2D eigenvalue weighted by atomic mass is 9.57. The molecule has 72 heavy (non-hydrogen) atoms. The topological polar surface area (TPSA) is 129 Å². The van der Waals surface area contributed by atoms with E-state index in [0.29, 0.717) is 23.5 Å². The van der Waals surface area contributed by atoms with Gasteiger partial charge in [0.15, 0.2) is 38.9 Å². The van der Waals surface area contributed by atoms with Crippen LogP contribution < -0.4 is 9.47 Å². The summed E-state index contributed by atoms with van der Waals surface area (Å²) in [5.74, 6) is -2.15. The van der Waals surface area contributed by atoms with Gasteiger partial charge in [-0.25, -0.2) is 35.3 Å². The molecular weight excluding hydrogens is 965 g/mol. The van der Waals surface area contributed by atoms with Crippen LogP contribution in [-0.4, -0.2) is 62.6 Å². The molecule has 10 nitrogen and oxygen atoms in total. The molecule has 4 aliphatic carbocycles. The Balaban J connectivity index is 0.000000206. The van der Waals surface area contributed by atoms with Crippen molar-refractivity contribution in [2.24, 2.45) is 22.7 Å². The second-order valence-electron chi connectivity index (χ2n) is 19.4. The Bertz CT molecular complexity index is 3070. The van der Waals surface area contributed by atoms with Crippen LogP contribution in [0, 0.1) is 45.9 Å². The van der Waals surface area contributed by atoms with E-state index in [-0.39, 0.29) is 60.7 Å². The first-order valence-corrected chi connectivity index (χ1v) is 26.9. The summed E-state index contributed by atoms with van der Waals surface area (Å²) in [6, 6.07) is 21.3. The van der Waals surface area contributed by atoms with Crippen LogP contribution in [0.3, 0.4) is 0 Å². The van der Waals surface area contributed by atoms with Crippen LogP contribution in [0.15, 0.2) is 108 Å². The molecular formula is C56H64F4N4O6S2. The van der Waals surface area contributed by atoms with Crippen molar-refractivity contribution in [2.75, 3.05) is 24.4 Å². The van der Waals surface area contributed by atoms with Crippen LogP contribution in [0.2, 0.25) is 0 Å². The maximum atomic E-state index is 14.3. The summed E-state index contributed by atoms with van der Waals surface area (Å²) < 4.78 is 92.6. The number of rotatable bonds is 12. The van der Waals surface area contributed by atoms with E-state index in [1.807, 2.05) is 28.0 Å². The van der Waals surface area contributed by atoms with Crippen LogP contribution in [-0.2, 0) is 22.7 Å². The number of thioether (sulfide) groups is 1. The Labute approximate surface area is 424 Å². The van der Waals surface area contributed by atoms with Gasteiger partial charge in [0.2, 0.25) is 0 Å². The SMILES string of the molecule is C.C.CSCOc1cc([C@H](O)[C@H]2CCCC3=Cc4c(cnn4-c4ccc(F)cc4)C[C@@]32C)ccc1F.C[C@]12Cc3cnn(-c4ccc(F)cc4)c3C=C1CCC[C@@H]2[C@@H](O)c1ccc(F)c(OCS(C)(=O)=O)c1. The zero-order chi connectivity index (χ0) is 49.5. The molecule has 0 bridgehead atoms. The number of hydrogen-bond acceptors (Lipinski definition) is 9. The third kappa shape index (κ3) is 10.8. The van der Waals surface area contributed by atoms with E-state index in [1.54, 1.807) is 36.4 Å². The lowest BCUT2D eigenvalue weighted by Crippen LogP contribution is -2.40. The van der Waals surface area contributed by atoms with E-state index >= 15 is 0 Å². The van der Waals surface area contributed by atoms with Gasteiger partial charge in [0, 0.05) is 6.26 Å². The van der Waals surface area contributed by atoms with Crippen molar-refractivity contribution < 1.29 is 45.7 Å². The smallest absolute Gasteiger partial charge is 0.189 e. The molecule has 2 saturated carbocycles. The van der Waals surface area contributed by atoms with Gasteiger partial charge in [-0.05, 0) is 187 Å². The van der Waals surface area contributed by atoms with Gasteiger partial charge in [0.25, 0.3) is 0 Å². The highest BCUT2D eigenvalue weighted by Crippen LogP contribution is 2.56. The maximum absolute atomic E-state index is 14.3. The lowest BCUT2D eigenvalue weighted by molar-refractivity contribution is 0.0213. The van der Waals surface area contributed by atoms with Crippen LogP contribution in [0.5, 0.6) is 11.5 Å². The Hall–Kier alpha value is -5.68. The molecule has 0 saturated heterocycles. The van der Waals surface area contributed by atoms with E-state index in [2.05, 4.69) is 36.2 Å². The van der Waals surface area contributed by atoms with Crippen molar-refractivity contribution in [1.29, 1.82) is 0 Å². The summed E-state index contributed by atoms with van der Waals surface area (Å²) in [7, 11) is -3.45. The van der Waals surface area contributed by atoms with Crippen molar-refractivity contribution in [2.45, 2.75) is 92.3 Å². The van der Waals surface area contributed by atoms with Crippen molar-refractivity contribution in [3.63, 3.8) is 0 Å². The number of allylic oxidation sites excluding steroid dienone is 2. The molecule has 6 aromatic rings. The Morgan fingerprint density at radius 3 is 1.50 bits per heavy atom. The van der Waals surface area contributed by atoms with Gasteiger partial charge < -0.3 is 19.7 Å². The largest absolute Gasteiger partial charge is 0.480 e. The predicted octanol–water partition coefficient (Wildman–Crippen LogP) is 12.6. The van der Waals surface area contributed by atoms with Gasteiger partial charge in [0.1, 0.15) is 17.6 Å². The third-order valence-electron chi connectivity index (χ3n) is 14.8. The molecule has 0 spiro atoms. The van der Waals surface area contributed by atoms with E-state index < -0.39 is 39.6 Å². The summed E-state index contributed by atoms with van der Waals surface area (Å²) in [5, 5.41) is 32.1. The van der Waals surface area contributed by atoms with E-state index in [1.165, 1.54) is 71.4 Å². The molecule has 6 atom stereocenters. The van der Waals surface area contributed by atoms with Gasteiger partial charge in [-0.2, -0.15) is 10.2 Å². The quantitative estimate of drug-likeness (QED) is 0.0909. The molecule has 0 unspecified atom stereocenters. The van der Waals surface area contributed by atoms with Crippen molar-refractivity contribution >= 4 is 33.8 Å². The molecule has 2 fully saturated rings. The van der Waals surface area contributed by atoms with Crippen LogP contribution in [0.25, 0.3) is 23.5 Å². The van der Waals surface area contributed by atoms with E-state index in [0.717, 1.165) is 85.1 Å². The number of hydrogen-bond donors (Lipinski definition) is 2. The van der Waals surface area contributed by atoms with Crippen molar-refractivity contribution in [3.05, 3.63) is 165 Å². The molecule has 2 heterocycles. The number of ether oxygens (including phenoxy) is 2. The fourth-order valence-electron chi connectivity index (χ4n) is 11.1. The Morgan fingerprint density at radius 2 is 1.10 bits per heavy atom. The highest BCUT2D eigenvalue weighted by Gasteiger charge is 2.48. The minimum atomic E-state index is -3.45. The normalized spacial score (nSPS) is 21.8. The van der Waals surface area contributed by atoms with Gasteiger partial charge >= 0.3 is 0 Å². The molecule has 16 heteroatoms. The second kappa shape index (κ2) is 21.8. The summed E-state index contributed by atoms with van der Waals surface area (Å²) in [5.41, 5.74) is 8.81. The maximum Gasteiger partial charge on any atom is 0.189 e. The molecule has 0 radical (unpaired) electrons. The Kier molecular flexibility index (Phi) is 16.4. The average molecular weight is 1030 g/mol. The minimum Gasteiger partial charge on any atom is -0.480 e. The highest BCUT2D eigenvalue weighted by molar-refractivity contribution is 7.98. The number of aromatic nitrogens is 4. The molecule has 2 aromatic heterocycles. The first-order valence-electron chi connectivity index (χ1n) is 23.4. The zero-order valence-electron chi connectivity index (χ0n) is 39.4. The van der Waals surface area contributed by atoms with Gasteiger partial charge in [-0.15, -0.1) is 11.8 Å². The molecule has 4 aromatic carbocycles. The van der Waals surface area contributed by atoms with Crippen LogP contribution in [0.4, 0.5) is 17.6 Å². The standard InChI is InChI=1S/C27H28F2N2O4S.C27H28F2N2O2S.2CH4/c1-27-14-18-15-30-31(21-9-7-20(28)8-10-21)24(18)13-19(27)4-3-5-22(27)26(32)17-6-11-23(29)25(12-17)35-16-36(2,33)34;1-27-14-18-15-30-31(21-9-7-20(28)8-10-21)24(18)13-19(27)4-3-5-22(27)26(32)17-6-11-23(29)25(12-17)33-16-34-2;;/h6-13,15,22,26,32H,3-5,14,16H2,1-2H3;6-13,15,22,26,32H,3-5,14,16H2,1-2H3;2*1H4/t2*22-,26+,27+;;/m11../s1. The number of fused-ring (bicyclic) bond motifs is 4. The first-order chi connectivity index (χ1) is 33.5. The number of sulfone groups is 1. The summed E-state index contributed by atoms with van der Waals surface area (Å²) in [6.45, 7) is 4.37. The number of benzene rings is 4. The fraction of sp³-hybridized carbons (Fsp3) is 0.393. The molecule has 2 N–H and O–H groups in total. The molecule has 10 rings (SSSR count). The first kappa shape index (κ1) is 54.1. The third-order valence-corrected chi connectivity index (χ3v) is 15.7. The van der Waals surface area contributed by atoms with Gasteiger partial charge in [-0.1, -0.05) is 52.0 Å². The van der Waals surface area contributed by atoms with Crippen LogP contribution >= 0.6 is 11.8 Å². The van der Waals surface area contributed by atoms with E-state index in [9.17, 15) is 36.2 Å². The molecule has 0 amide bonds. The number of nitrogens with zero attached hydrogens (tertiary/aromatic N) is 4. The van der Waals surface area contributed by atoms with Gasteiger partial charge in [0.05, 0.1) is 47.4 Å². The molecule has 0 aliphatic heterocycles. The predicted molar refractivity (Wildman–Crippen MR) is 277 cm³/mol. The fourth-order valence-corrected chi connectivity index (χ4v) is 11.7. The van der Waals surface area contributed by atoms with E-state index in [4.69, 9.17) is 9.47 Å². The second-order valence-corrected chi connectivity index (χ2v) is 22.3. The average Bonchev–Trinajstić information content (AvgIpc) is 3.94. The summed E-state index contributed by atoms with van der Waals surface area (Å²) in [6.07, 6.45) is 16.1. The number of halogens is 4. The number of aliphatic hydroxyl groups is 2. The summed E-state index contributed by atoms with van der Waals surface area (Å²) in [4.78, 5) is 0. The lowest BCUT2D eigenvalue weighted by Gasteiger charge is -2.47. The van der Waals surface area contributed by atoms with Gasteiger partial charge in [-0.3, -0.25) is 0 Å². The summed E-state index contributed by atoms with van der Waals surface area (Å²) >= 11 is 1.47.